The number of hydrogen-bond donors (Lipinski definition) is 1. The van der Waals surface area contributed by atoms with E-state index < -0.39 is 41.6 Å². The van der Waals surface area contributed by atoms with Gasteiger partial charge in [0.15, 0.2) is 0 Å². The van der Waals surface area contributed by atoms with Crippen molar-refractivity contribution >= 4 is 17.8 Å². The number of amides is 2. The van der Waals surface area contributed by atoms with Crippen molar-refractivity contribution in [2.75, 3.05) is 26.3 Å². The molecule has 3 rings (SSSR count). The van der Waals surface area contributed by atoms with Crippen LogP contribution in [0.4, 0.5) is 0 Å². The van der Waals surface area contributed by atoms with E-state index >= 15 is 0 Å². The van der Waals surface area contributed by atoms with Crippen LogP contribution in [-0.2, 0) is 23.9 Å². The molecule has 0 aromatic heterocycles. The Morgan fingerprint density at radius 1 is 1.31 bits per heavy atom. The van der Waals surface area contributed by atoms with Gasteiger partial charge in [-0.3, -0.25) is 14.4 Å². The first kappa shape index (κ1) is 27.4. The number of carbonyl (C=O) groups excluding carboxylic acids is 3. The normalized spacial score (nSPS) is 29.9. The quantitative estimate of drug-likeness (QED) is 0.229. The Balaban J connectivity index is 2.03. The fraction of sp³-hybridized carbons (Fsp3) is 0.741. The number of carbonyl (C=O) groups is 3. The van der Waals surface area contributed by atoms with Crippen LogP contribution >= 0.6 is 0 Å². The number of unbranched alkanes of at least 4 members (excludes halogenated alkanes) is 2. The van der Waals surface area contributed by atoms with Crippen molar-refractivity contribution in [2.45, 2.75) is 83.1 Å². The highest BCUT2D eigenvalue weighted by molar-refractivity contribution is 5.98. The summed E-state index contributed by atoms with van der Waals surface area (Å²) < 4.78 is 11.8. The number of esters is 1. The lowest BCUT2D eigenvalue weighted by Gasteiger charge is -2.39. The van der Waals surface area contributed by atoms with Gasteiger partial charge in [0.25, 0.3) is 0 Å². The van der Waals surface area contributed by atoms with Gasteiger partial charge in [0, 0.05) is 13.1 Å². The highest BCUT2D eigenvalue weighted by atomic mass is 16.6. The van der Waals surface area contributed by atoms with Crippen molar-refractivity contribution in [3.05, 3.63) is 25.3 Å². The molecule has 3 aliphatic rings. The number of nitrogens with zero attached hydrogens (tertiary/aromatic N) is 2. The Labute approximate surface area is 209 Å². The molecule has 3 heterocycles. The Bertz CT molecular complexity index is 813. The van der Waals surface area contributed by atoms with Crippen molar-refractivity contribution in [2.24, 2.45) is 17.8 Å². The maximum absolute atomic E-state index is 14.2. The summed E-state index contributed by atoms with van der Waals surface area (Å²) in [6.07, 6.45) is 7.24. The van der Waals surface area contributed by atoms with Gasteiger partial charge in [-0.1, -0.05) is 52.3 Å². The van der Waals surface area contributed by atoms with Gasteiger partial charge in [0.05, 0.1) is 30.6 Å². The number of aliphatic hydroxyl groups excluding tert-OH is 1. The van der Waals surface area contributed by atoms with E-state index in [2.05, 4.69) is 20.1 Å². The van der Waals surface area contributed by atoms with E-state index in [1.165, 1.54) is 6.08 Å². The second kappa shape index (κ2) is 11.7. The van der Waals surface area contributed by atoms with Crippen molar-refractivity contribution in [3.8, 4) is 0 Å². The summed E-state index contributed by atoms with van der Waals surface area (Å²) in [4.78, 5) is 44.5. The zero-order valence-corrected chi connectivity index (χ0v) is 21.5. The Morgan fingerprint density at radius 2 is 2.06 bits per heavy atom. The molecule has 0 saturated carbocycles. The van der Waals surface area contributed by atoms with Gasteiger partial charge in [-0.05, 0) is 31.6 Å². The average Bonchev–Trinajstić information content (AvgIpc) is 3.47. The molecular weight excluding hydrogens is 448 g/mol. The van der Waals surface area contributed by atoms with Crippen LogP contribution in [-0.4, -0.2) is 82.8 Å². The summed E-state index contributed by atoms with van der Waals surface area (Å²) in [5, 5.41) is 10.3. The molecule has 3 saturated heterocycles. The smallest absolute Gasteiger partial charge is 0.312 e. The van der Waals surface area contributed by atoms with Crippen LogP contribution in [0.25, 0.3) is 0 Å². The largest absolute Gasteiger partial charge is 0.461 e. The molecule has 1 spiro atoms. The summed E-state index contributed by atoms with van der Waals surface area (Å²) in [7, 11) is 0. The first-order valence-electron chi connectivity index (χ1n) is 13.0. The number of likely N-dealkylation sites (tertiary alicyclic amines) is 1. The maximum Gasteiger partial charge on any atom is 0.312 e. The third kappa shape index (κ3) is 5.05. The first-order valence-corrected chi connectivity index (χ1v) is 13.0. The molecule has 1 N–H and O–H groups in total. The Kier molecular flexibility index (Phi) is 9.16. The second-order valence-corrected chi connectivity index (χ2v) is 10.5. The molecule has 0 aromatic carbocycles. The van der Waals surface area contributed by atoms with Gasteiger partial charge in [-0.15, -0.1) is 6.58 Å². The van der Waals surface area contributed by atoms with Crippen molar-refractivity contribution in [1.82, 2.24) is 9.80 Å². The van der Waals surface area contributed by atoms with Gasteiger partial charge in [-0.25, -0.2) is 0 Å². The minimum Gasteiger partial charge on any atom is -0.461 e. The fourth-order valence-electron chi connectivity index (χ4n) is 6.26. The predicted molar refractivity (Wildman–Crippen MR) is 132 cm³/mol. The Hall–Kier alpha value is -2.19. The van der Waals surface area contributed by atoms with Gasteiger partial charge < -0.3 is 24.4 Å². The van der Waals surface area contributed by atoms with Crippen molar-refractivity contribution in [1.29, 1.82) is 0 Å². The lowest BCUT2D eigenvalue weighted by atomic mass is 9.70. The topological polar surface area (TPSA) is 96.4 Å². The third-order valence-electron chi connectivity index (χ3n) is 7.63. The average molecular weight is 491 g/mol. The Morgan fingerprint density at radius 3 is 2.66 bits per heavy atom. The van der Waals surface area contributed by atoms with E-state index in [0.29, 0.717) is 32.4 Å². The molecule has 2 amide bonds. The summed E-state index contributed by atoms with van der Waals surface area (Å²) in [6.45, 7) is 14.3. The van der Waals surface area contributed by atoms with Crippen LogP contribution in [0.1, 0.15) is 59.3 Å². The molecule has 6 atom stereocenters. The van der Waals surface area contributed by atoms with Gasteiger partial charge in [-0.2, -0.15) is 0 Å². The fourth-order valence-corrected chi connectivity index (χ4v) is 6.26. The second-order valence-electron chi connectivity index (χ2n) is 10.5. The van der Waals surface area contributed by atoms with Crippen LogP contribution in [0.2, 0.25) is 0 Å². The number of hydrogen-bond acceptors (Lipinski definition) is 6. The lowest BCUT2D eigenvalue weighted by molar-refractivity contribution is -0.156. The number of ether oxygens (including phenoxy) is 2. The molecule has 2 unspecified atom stereocenters. The van der Waals surface area contributed by atoms with E-state index in [9.17, 15) is 19.5 Å². The van der Waals surface area contributed by atoms with Crippen LogP contribution in [0.5, 0.6) is 0 Å². The molecular formula is C27H42N2O6. The highest BCUT2D eigenvalue weighted by Gasteiger charge is 2.75. The molecule has 35 heavy (non-hydrogen) atoms. The van der Waals surface area contributed by atoms with E-state index in [1.807, 2.05) is 13.8 Å². The number of aliphatic hydroxyl groups is 1. The summed E-state index contributed by atoms with van der Waals surface area (Å²) >= 11 is 0. The summed E-state index contributed by atoms with van der Waals surface area (Å²) in [5.41, 5.74) is -1.09. The third-order valence-corrected chi connectivity index (χ3v) is 7.63. The van der Waals surface area contributed by atoms with E-state index in [4.69, 9.17) is 9.47 Å². The molecule has 0 aromatic rings. The standard InChI is InChI=1S/C27H42N2O6/c1-6-9-10-14-28(13-7-2)25(32)23-27-12-11-20(35-27)21(26(33)34-15-8-3)22(27)24(31)29(23)19(17-30)16-18(4)5/h7-8,18-23,30H,2-3,6,9-17H2,1,4-5H3/t19-,20-,21+,22+,23?,27?/m1/s1. The van der Waals surface area contributed by atoms with Crippen LogP contribution < -0.4 is 0 Å². The lowest BCUT2D eigenvalue weighted by Crippen LogP contribution is -2.59. The zero-order valence-electron chi connectivity index (χ0n) is 21.5. The minimum absolute atomic E-state index is 0.0548. The highest BCUT2D eigenvalue weighted by Crippen LogP contribution is 2.59. The first-order chi connectivity index (χ1) is 16.8. The van der Waals surface area contributed by atoms with E-state index in [-0.39, 0.29) is 30.9 Å². The van der Waals surface area contributed by atoms with Crippen molar-refractivity contribution < 1.29 is 29.0 Å². The molecule has 2 bridgehead atoms. The van der Waals surface area contributed by atoms with Crippen LogP contribution in [0.15, 0.2) is 25.3 Å². The maximum atomic E-state index is 14.2. The van der Waals surface area contributed by atoms with Crippen LogP contribution in [0, 0.1) is 17.8 Å². The van der Waals surface area contributed by atoms with E-state index in [0.717, 1.165) is 19.3 Å². The monoisotopic (exact) mass is 490 g/mol. The SMILES string of the molecule is C=CCOC(=O)[C@@H]1[C@H]2C(=O)N([C@@H](CO)CC(C)C)C(C(=O)N(CC=C)CCCCC)C23CC[C@H]1O3. The summed E-state index contributed by atoms with van der Waals surface area (Å²) in [5.74, 6) is -2.33. The van der Waals surface area contributed by atoms with Gasteiger partial charge in [0.2, 0.25) is 11.8 Å². The van der Waals surface area contributed by atoms with Gasteiger partial charge in [0.1, 0.15) is 18.2 Å². The number of fused-ring (bicyclic) bond motifs is 1. The predicted octanol–water partition coefficient (Wildman–Crippen LogP) is 2.70. The zero-order chi connectivity index (χ0) is 25.8. The van der Waals surface area contributed by atoms with Crippen LogP contribution in [0.3, 0.4) is 0 Å². The molecule has 0 aliphatic carbocycles. The molecule has 8 heteroatoms. The molecule has 0 radical (unpaired) electrons. The molecule has 3 fully saturated rings. The molecule has 196 valence electrons. The number of rotatable bonds is 14. The van der Waals surface area contributed by atoms with Crippen molar-refractivity contribution in [3.63, 3.8) is 0 Å². The minimum atomic E-state index is -1.09. The summed E-state index contributed by atoms with van der Waals surface area (Å²) in [6, 6.07) is -1.43. The van der Waals surface area contributed by atoms with E-state index in [1.54, 1.807) is 15.9 Å². The van der Waals surface area contributed by atoms with Gasteiger partial charge >= 0.3 is 5.97 Å². The molecule has 3 aliphatic heterocycles. The molecule has 8 nitrogen and oxygen atoms in total.